The van der Waals surface area contributed by atoms with E-state index < -0.39 is 0 Å². The first-order chi connectivity index (χ1) is 5.83. The summed E-state index contributed by atoms with van der Waals surface area (Å²) in [6, 6.07) is 3.98. The highest BCUT2D eigenvalue weighted by Gasteiger charge is 1.96. The van der Waals surface area contributed by atoms with E-state index in [-0.39, 0.29) is 0 Å². The van der Waals surface area contributed by atoms with Crippen molar-refractivity contribution in [2.75, 3.05) is 20.4 Å². The van der Waals surface area contributed by atoms with Gasteiger partial charge in [0.1, 0.15) is 11.5 Å². The number of hydrogen-bond acceptors (Lipinski definition) is 3. The van der Waals surface area contributed by atoms with Crippen molar-refractivity contribution < 1.29 is 9.15 Å². The van der Waals surface area contributed by atoms with Crippen molar-refractivity contribution in [1.29, 1.82) is 0 Å². The summed E-state index contributed by atoms with van der Waals surface area (Å²) in [7, 11) is 1.67. The van der Waals surface area contributed by atoms with Crippen LogP contribution in [0.2, 0.25) is 0 Å². The number of furan rings is 1. The van der Waals surface area contributed by atoms with Gasteiger partial charge in [0.15, 0.2) is 0 Å². The van der Waals surface area contributed by atoms with Crippen LogP contribution in [0, 0.1) is 6.92 Å². The molecule has 12 heavy (non-hydrogen) atoms. The van der Waals surface area contributed by atoms with Gasteiger partial charge in [0.2, 0.25) is 0 Å². The lowest BCUT2D eigenvalue weighted by Crippen LogP contribution is -2.19. The van der Waals surface area contributed by atoms with Gasteiger partial charge in [-0.1, -0.05) is 0 Å². The number of nitrogens with one attached hydrogen (secondary N) is 1. The van der Waals surface area contributed by atoms with E-state index in [9.17, 15) is 0 Å². The molecule has 0 aliphatic heterocycles. The Labute approximate surface area is 72.7 Å². The van der Waals surface area contributed by atoms with Crippen LogP contribution in [0.1, 0.15) is 11.5 Å². The Morgan fingerprint density at radius 2 is 2.33 bits per heavy atom. The number of hydrogen-bond donors (Lipinski definition) is 1. The molecule has 1 rings (SSSR count). The van der Waals surface area contributed by atoms with Crippen molar-refractivity contribution in [2.24, 2.45) is 0 Å². The maximum Gasteiger partial charge on any atom is 0.105 e. The lowest BCUT2D eigenvalue weighted by Gasteiger charge is -2.00. The Hall–Kier alpha value is -0.800. The van der Waals surface area contributed by atoms with Gasteiger partial charge >= 0.3 is 0 Å². The van der Waals surface area contributed by atoms with Crippen LogP contribution in [0.5, 0.6) is 0 Å². The summed E-state index contributed by atoms with van der Waals surface area (Å²) in [5.41, 5.74) is 0. The molecule has 1 N–H and O–H groups in total. The second-order valence-corrected chi connectivity index (χ2v) is 2.70. The molecule has 0 radical (unpaired) electrons. The van der Waals surface area contributed by atoms with E-state index in [1.807, 2.05) is 19.1 Å². The van der Waals surface area contributed by atoms with E-state index in [4.69, 9.17) is 9.15 Å². The quantitative estimate of drug-likeness (QED) is 0.533. The first-order valence-corrected chi connectivity index (χ1v) is 4.08. The van der Waals surface area contributed by atoms with Gasteiger partial charge in [-0.15, -0.1) is 0 Å². The third-order valence-electron chi connectivity index (χ3n) is 1.59. The second-order valence-electron chi connectivity index (χ2n) is 2.70. The van der Waals surface area contributed by atoms with Crippen LogP contribution in [0.4, 0.5) is 0 Å². The van der Waals surface area contributed by atoms with Gasteiger partial charge in [0.05, 0.1) is 6.73 Å². The van der Waals surface area contributed by atoms with Crippen LogP contribution < -0.4 is 5.32 Å². The molecular weight excluding hydrogens is 154 g/mol. The van der Waals surface area contributed by atoms with Crippen molar-refractivity contribution in [2.45, 2.75) is 13.3 Å². The zero-order valence-electron chi connectivity index (χ0n) is 7.59. The van der Waals surface area contributed by atoms with Crippen molar-refractivity contribution in [3.05, 3.63) is 23.7 Å². The molecule has 0 unspecified atom stereocenters. The Kier molecular flexibility index (Phi) is 3.84. The van der Waals surface area contributed by atoms with Crippen LogP contribution in [0.25, 0.3) is 0 Å². The summed E-state index contributed by atoms with van der Waals surface area (Å²) >= 11 is 0. The standard InChI is InChI=1S/C9H15NO2/c1-8-3-4-9(12-8)5-6-10-7-11-2/h3-4,10H,5-7H2,1-2H3. The van der Waals surface area contributed by atoms with Crippen molar-refractivity contribution in [1.82, 2.24) is 5.32 Å². The van der Waals surface area contributed by atoms with E-state index in [0.29, 0.717) is 6.73 Å². The molecule has 0 aliphatic carbocycles. The molecule has 3 heteroatoms. The molecule has 0 fully saturated rings. The third-order valence-corrected chi connectivity index (χ3v) is 1.59. The summed E-state index contributed by atoms with van der Waals surface area (Å²) < 4.78 is 10.2. The minimum absolute atomic E-state index is 0.597. The predicted octanol–water partition coefficient (Wildman–Crippen LogP) is 1.32. The normalized spacial score (nSPS) is 10.5. The van der Waals surface area contributed by atoms with E-state index in [0.717, 1.165) is 24.5 Å². The molecule has 0 aliphatic rings. The Bertz CT molecular complexity index is 220. The summed E-state index contributed by atoms with van der Waals surface area (Å²) in [4.78, 5) is 0. The zero-order valence-corrected chi connectivity index (χ0v) is 7.59. The molecule has 0 saturated heterocycles. The topological polar surface area (TPSA) is 34.4 Å². The van der Waals surface area contributed by atoms with Gasteiger partial charge in [0.25, 0.3) is 0 Å². The highest BCUT2D eigenvalue weighted by molar-refractivity contribution is 5.05. The highest BCUT2D eigenvalue weighted by Crippen LogP contribution is 2.05. The van der Waals surface area contributed by atoms with Crippen LogP contribution in [0.3, 0.4) is 0 Å². The van der Waals surface area contributed by atoms with Crippen LogP contribution in [-0.4, -0.2) is 20.4 Å². The van der Waals surface area contributed by atoms with E-state index >= 15 is 0 Å². The number of methoxy groups -OCH3 is 1. The van der Waals surface area contributed by atoms with Crippen molar-refractivity contribution in [3.8, 4) is 0 Å². The van der Waals surface area contributed by atoms with Gasteiger partial charge in [-0.3, -0.25) is 5.32 Å². The second kappa shape index (κ2) is 4.95. The fourth-order valence-electron chi connectivity index (χ4n) is 1.01. The molecule has 1 heterocycles. The van der Waals surface area contributed by atoms with Gasteiger partial charge in [-0.25, -0.2) is 0 Å². The first-order valence-electron chi connectivity index (χ1n) is 4.08. The smallest absolute Gasteiger partial charge is 0.105 e. The van der Waals surface area contributed by atoms with Crippen molar-refractivity contribution >= 4 is 0 Å². The minimum atomic E-state index is 0.597. The molecule has 68 valence electrons. The molecule has 1 aromatic heterocycles. The summed E-state index contributed by atoms with van der Waals surface area (Å²) in [6.45, 7) is 3.44. The number of rotatable bonds is 5. The molecule has 0 amide bonds. The molecule has 0 spiro atoms. The highest BCUT2D eigenvalue weighted by atomic mass is 16.5. The largest absolute Gasteiger partial charge is 0.466 e. The average Bonchev–Trinajstić information content (AvgIpc) is 2.45. The molecular formula is C9H15NO2. The average molecular weight is 169 g/mol. The molecule has 1 aromatic rings. The van der Waals surface area contributed by atoms with Gasteiger partial charge in [0, 0.05) is 20.1 Å². The minimum Gasteiger partial charge on any atom is -0.466 e. The summed E-state index contributed by atoms with van der Waals surface area (Å²) in [5.74, 6) is 1.99. The van der Waals surface area contributed by atoms with E-state index in [1.165, 1.54) is 0 Å². The Balaban J connectivity index is 2.15. The monoisotopic (exact) mass is 169 g/mol. The molecule has 0 aromatic carbocycles. The Morgan fingerprint density at radius 1 is 1.50 bits per heavy atom. The van der Waals surface area contributed by atoms with E-state index in [1.54, 1.807) is 7.11 Å². The summed E-state index contributed by atoms with van der Waals surface area (Å²) in [5, 5.41) is 3.11. The zero-order chi connectivity index (χ0) is 8.81. The maximum absolute atomic E-state index is 5.38. The predicted molar refractivity (Wildman–Crippen MR) is 47.0 cm³/mol. The molecule has 0 saturated carbocycles. The lowest BCUT2D eigenvalue weighted by molar-refractivity contribution is 0.175. The SMILES string of the molecule is COCNCCc1ccc(C)o1. The molecule has 0 atom stereocenters. The lowest BCUT2D eigenvalue weighted by atomic mass is 10.3. The molecule has 0 bridgehead atoms. The number of aryl methyl sites for hydroxylation is 1. The van der Waals surface area contributed by atoms with Crippen LogP contribution in [-0.2, 0) is 11.2 Å². The summed E-state index contributed by atoms with van der Waals surface area (Å²) in [6.07, 6.45) is 0.914. The van der Waals surface area contributed by atoms with Crippen LogP contribution >= 0.6 is 0 Å². The van der Waals surface area contributed by atoms with Gasteiger partial charge in [-0.05, 0) is 19.1 Å². The van der Waals surface area contributed by atoms with Crippen LogP contribution in [0.15, 0.2) is 16.5 Å². The maximum atomic E-state index is 5.38. The van der Waals surface area contributed by atoms with E-state index in [2.05, 4.69) is 5.32 Å². The Morgan fingerprint density at radius 3 is 2.92 bits per heavy atom. The van der Waals surface area contributed by atoms with Gasteiger partial charge < -0.3 is 9.15 Å². The molecule has 3 nitrogen and oxygen atoms in total. The first kappa shape index (κ1) is 9.29. The van der Waals surface area contributed by atoms with Gasteiger partial charge in [-0.2, -0.15) is 0 Å². The van der Waals surface area contributed by atoms with Crippen molar-refractivity contribution in [3.63, 3.8) is 0 Å². The third kappa shape index (κ3) is 3.07. The fraction of sp³-hybridized carbons (Fsp3) is 0.556. The number of ether oxygens (including phenoxy) is 1. The fourth-order valence-corrected chi connectivity index (χ4v) is 1.01.